The minimum Gasteiger partial charge on any atom is -0.508 e. The van der Waals surface area contributed by atoms with Crippen LogP contribution < -0.4 is 0 Å². The quantitative estimate of drug-likeness (QED) is 0.518. The fourth-order valence-electron chi connectivity index (χ4n) is 3.06. The highest BCUT2D eigenvalue weighted by Crippen LogP contribution is 2.29. The van der Waals surface area contributed by atoms with Gasteiger partial charge >= 0.3 is 0 Å². The van der Waals surface area contributed by atoms with E-state index in [4.69, 9.17) is 5.11 Å². The Labute approximate surface area is 159 Å². The van der Waals surface area contributed by atoms with Crippen LogP contribution >= 0.6 is 0 Å². The van der Waals surface area contributed by atoms with Gasteiger partial charge in [0.2, 0.25) is 0 Å². The number of aryl methyl sites for hydroxylation is 1. The molecule has 0 aromatic heterocycles. The fraction of sp³-hybridized carbons (Fsp3) is 0.500. The third-order valence-corrected chi connectivity index (χ3v) is 4.62. The summed E-state index contributed by atoms with van der Waals surface area (Å²) in [6.45, 7) is 6.69. The van der Waals surface area contributed by atoms with Crippen LogP contribution in [0.3, 0.4) is 0 Å². The Morgan fingerprint density at radius 1 is 0.615 bits per heavy atom. The van der Waals surface area contributed by atoms with Gasteiger partial charge in [0.15, 0.2) is 0 Å². The lowest BCUT2D eigenvalue weighted by Gasteiger charge is -2.16. The van der Waals surface area contributed by atoms with Crippen LogP contribution in [-0.4, -0.2) is 10.2 Å². The summed E-state index contributed by atoms with van der Waals surface area (Å²) in [5.74, 6) is 0.835. The summed E-state index contributed by atoms with van der Waals surface area (Å²) in [5, 5.41) is 18.8. The number of hydrogen-bond donors (Lipinski definition) is 2. The second-order valence-corrected chi connectivity index (χ2v) is 6.85. The van der Waals surface area contributed by atoms with Crippen molar-refractivity contribution in [3.63, 3.8) is 0 Å². The predicted octanol–water partition coefficient (Wildman–Crippen LogP) is 6.81. The molecule has 26 heavy (non-hydrogen) atoms. The van der Waals surface area contributed by atoms with E-state index in [0.717, 1.165) is 19.3 Å². The van der Waals surface area contributed by atoms with Crippen LogP contribution in [0.5, 0.6) is 11.5 Å². The van der Waals surface area contributed by atoms with Gasteiger partial charge in [-0.3, -0.25) is 0 Å². The molecule has 0 saturated heterocycles. The van der Waals surface area contributed by atoms with E-state index in [1.54, 1.807) is 24.3 Å². The van der Waals surface area contributed by atoms with Crippen LogP contribution in [0.15, 0.2) is 42.5 Å². The largest absolute Gasteiger partial charge is 0.508 e. The third-order valence-electron chi connectivity index (χ3n) is 4.62. The van der Waals surface area contributed by atoms with Gasteiger partial charge in [0.1, 0.15) is 11.5 Å². The van der Waals surface area contributed by atoms with E-state index in [0.29, 0.717) is 11.5 Å². The molecule has 144 valence electrons. The molecule has 0 fully saturated rings. The zero-order valence-corrected chi connectivity index (χ0v) is 16.8. The van der Waals surface area contributed by atoms with Crippen molar-refractivity contribution < 1.29 is 10.2 Å². The molecule has 2 rings (SSSR count). The molecule has 0 unspecified atom stereocenters. The van der Waals surface area contributed by atoms with Crippen molar-refractivity contribution >= 4 is 0 Å². The lowest BCUT2D eigenvalue weighted by Crippen LogP contribution is -2.02. The van der Waals surface area contributed by atoms with Gasteiger partial charge in [-0.15, -0.1) is 0 Å². The summed E-state index contributed by atoms with van der Waals surface area (Å²) in [6.07, 6.45) is 10.6. The number of rotatable bonds is 9. The molecule has 0 aliphatic heterocycles. The second-order valence-electron chi connectivity index (χ2n) is 6.85. The minimum atomic E-state index is 0.322. The van der Waals surface area contributed by atoms with Crippen LogP contribution in [0.2, 0.25) is 0 Å². The molecule has 0 spiro atoms. The first-order valence-corrected chi connectivity index (χ1v) is 10.2. The molecule has 0 bridgehead atoms. The first-order valence-electron chi connectivity index (χ1n) is 10.2. The lowest BCUT2D eigenvalue weighted by molar-refractivity contribution is 0.465. The summed E-state index contributed by atoms with van der Waals surface area (Å²) in [5.41, 5.74) is 4.15. The number of aromatic hydroxyl groups is 2. The van der Waals surface area contributed by atoms with Gasteiger partial charge in [-0.25, -0.2) is 0 Å². The number of para-hydroxylation sites is 1. The number of phenolic OH excluding ortho intramolecular Hbond substituents is 2. The monoisotopic (exact) mass is 356 g/mol. The molecule has 0 atom stereocenters. The van der Waals surface area contributed by atoms with Crippen LogP contribution in [0, 0.1) is 0 Å². The standard InChI is InChI=1S/C18H30O.C6H6O/c1-4-7-10-15-13-14-18(19)17(12-9-6-3)16(15)11-8-5-2;7-6-4-2-1-3-5-6/h13-14,19H,4-12H2,1-3H3;1-5,7H. The topological polar surface area (TPSA) is 40.5 Å². The Morgan fingerprint density at radius 2 is 1.15 bits per heavy atom. The normalized spacial score (nSPS) is 10.3. The van der Waals surface area contributed by atoms with Gasteiger partial charge in [0, 0.05) is 0 Å². The Bertz CT molecular complexity index is 605. The SMILES string of the molecule is CCCCc1ccc(O)c(CCCC)c1CCCC.Oc1ccccc1. The maximum absolute atomic E-state index is 10.2. The van der Waals surface area contributed by atoms with Crippen LogP contribution in [-0.2, 0) is 19.3 Å². The Balaban J connectivity index is 0.000000401. The van der Waals surface area contributed by atoms with Gasteiger partial charge < -0.3 is 10.2 Å². The Kier molecular flexibility index (Phi) is 11.3. The summed E-state index contributed by atoms with van der Waals surface area (Å²) < 4.78 is 0. The average molecular weight is 357 g/mol. The smallest absolute Gasteiger partial charge is 0.119 e. The second kappa shape index (κ2) is 13.3. The molecule has 2 aromatic carbocycles. The first kappa shape index (κ1) is 22.1. The lowest BCUT2D eigenvalue weighted by atomic mass is 9.90. The van der Waals surface area contributed by atoms with Crippen molar-refractivity contribution in [1.29, 1.82) is 0 Å². The Morgan fingerprint density at radius 3 is 1.65 bits per heavy atom. The zero-order valence-electron chi connectivity index (χ0n) is 16.8. The molecule has 2 nitrogen and oxygen atoms in total. The predicted molar refractivity (Wildman–Crippen MR) is 112 cm³/mol. The number of unbranched alkanes of at least 4 members (excludes halogenated alkanes) is 3. The molecule has 0 radical (unpaired) electrons. The molecule has 0 aliphatic rings. The molecule has 0 heterocycles. The minimum absolute atomic E-state index is 0.322. The third kappa shape index (κ3) is 7.95. The fourth-order valence-corrected chi connectivity index (χ4v) is 3.06. The van der Waals surface area contributed by atoms with Crippen LogP contribution in [0.1, 0.15) is 76.0 Å². The number of hydrogen-bond acceptors (Lipinski definition) is 2. The highest BCUT2D eigenvalue weighted by Gasteiger charge is 2.12. The maximum Gasteiger partial charge on any atom is 0.119 e. The molecule has 2 heteroatoms. The van der Waals surface area contributed by atoms with Gasteiger partial charge in [-0.05, 0) is 73.4 Å². The maximum atomic E-state index is 10.2. The van der Waals surface area contributed by atoms with Crippen molar-refractivity contribution in [3.8, 4) is 11.5 Å². The molecular formula is C24H36O2. The van der Waals surface area contributed by atoms with E-state index >= 15 is 0 Å². The van der Waals surface area contributed by atoms with E-state index in [9.17, 15) is 5.11 Å². The zero-order chi connectivity index (χ0) is 19.2. The molecule has 2 N–H and O–H groups in total. The van der Waals surface area contributed by atoms with Gasteiger partial charge in [-0.1, -0.05) is 64.3 Å². The average Bonchev–Trinajstić information content (AvgIpc) is 2.66. The van der Waals surface area contributed by atoms with Gasteiger partial charge in [-0.2, -0.15) is 0 Å². The van der Waals surface area contributed by atoms with Crippen molar-refractivity contribution in [1.82, 2.24) is 0 Å². The van der Waals surface area contributed by atoms with Crippen LogP contribution in [0.25, 0.3) is 0 Å². The van der Waals surface area contributed by atoms with E-state index in [1.165, 1.54) is 55.2 Å². The van der Waals surface area contributed by atoms with Crippen molar-refractivity contribution in [2.75, 3.05) is 0 Å². The summed E-state index contributed by atoms with van der Waals surface area (Å²) in [6, 6.07) is 12.8. The molecule has 0 aliphatic carbocycles. The summed E-state index contributed by atoms with van der Waals surface area (Å²) in [4.78, 5) is 0. The summed E-state index contributed by atoms with van der Waals surface area (Å²) >= 11 is 0. The molecule has 2 aromatic rings. The van der Waals surface area contributed by atoms with Gasteiger partial charge in [0.25, 0.3) is 0 Å². The number of benzene rings is 2. The van der Waals surface area contributed by atoms with Crippen molar-refractivity contribution in [2.24, 2.45) is 0 Å². The molecule has 0 amide bonds. The first-order chi connectivity index (χ1) is 12.6. The highest BCUT2D eigenvalue weighted by molar-refractivity contribution is 5.45. The van der Waals surface area contributed by atoms with Crippen molar-refractivity contribution in [2.45, 2.75) is 78.6 Å². The molecule has 0 saturated carbocycles. The summed E-state index contributed by atoms with van der Waals surface area (Å²) in [7, 11) is 0. The van der Waals surface area contributed by atoms with E-state index in [1.807, 2.05) is 12.1 Å². The number of phenols is 2. The van der Waals surface area contributed by atoms with Crippen molar-refractivity contribution in [3.05, 3.63) is 59.2 Å². The van der Waals surface area contributed by atoms with E-state index in [2.05, 4.69) is 26.8 Å². The van der Waals surface area contributed by atoms with E-state index in [-0.39, 0.29) is 0 Å². The van der Waals surface area contributed by atoms with Gasteiger partial charge in [0.05, 0.1) is 0 Å². The molecular weight excluding hydrogens is 320 g/mol. The highest BCUT2D eigenvalue weighted by atomic mass is 16.3. The van der Waals surface area contributed by atoms with E-state index < -0.39 is 0 Å². The Hall–Kier alpha value is -1.96. The van der Waals surface area contributed by atoms with Crippen LogP contribution in [0.4, 0.5) is 0 Å².